The molecular weight excluding hydrogens is 328 g/mol. The maximum absolute atomic E-state index is 12.4. The van der Waals surface area contributed by atoms with Gasteiger partial charge in [-0.2, -0.15) is 0 Å². The molecule has 0 fully saturated rings. The van der Waals surface area contributed by atoms with Gasteiger partial charge in [0.1, 0.15) is 0 Å². The van der Waals surface area contributed by atoms with E-state index in [1.165, 1.54) is 18.4 Å². The molecule has 0 bridgehead atoms. The number of Topliss-reactive ketones (excluding diaryl/α,β-unsaturated/α-hetero) is 1. The highest BCUT2D eigenvalue weighted by Gasteiger charge is 2.20. The van der Waals surface area contributed by atoms with Crippen LogP contribution in [0.5, 0.6) is 11.5 Å². The number of esters is 1. The zero-order valence-corrected chi connectivity index (χ0v) is 15.4. The standard InChI is InChI=1S/C18H22O5S/c1-10(2)23-15-7-12-8-17(24-16(12)9-14(15)21-4)13(19)6-11(3)18(20)22-5/h7-11H,6H2,1-5H3. The molecule has 0 amide bonds. The smallest absolute Gasteiger partial charge is 0.308 e. The lowest BCUT2D eigenvalue weighted by atomic mass is 10.0. The van der Waals surface area contributed by atoms with Gasteiger partial charge in [0.25, 0.3) is 0 Å². The first-order chi connectivity index (χ1) is 11.3. The van der Waals surface area contributed by atoms with Gasteiger partial charge < -0.3 is 14.2 Å². The molecule has 0 N–H and O–H groups in total. The van der Waals surface area contributed by atoms with Crippen LogP contribution in [0.4, 0.5) is 0 Å². The molecule has 0 aliphatic heterocycles. The molecule has 24 heavy (non-hydrogen) atoms. The molecule has 0 radical (unpaired) electrons. The molecule has 0 aliphatic carbocycles. The summed E-state index contributed by atoms with van der Waals surface area (Å²) >= 11 is 1.39. The van der Waals surface area contributed by atoms with Gasteiger partial charge >= 0.3 is 5.97 Å². The van der Waals surface area contributed by atoms with Gasteiger partial charge in [-0.1, -0.05) is 6.92 Å². The Hall–Kier alpha value is -2.08. The Kier molecular flexibility index (Phi) is 5.83. The number of carbonyl (C=O) groups excluding carboxylic acids is 2. The molecule has 0 aliphatic rings. The van der Waals surface area contributed by atoms with Crippen molar-refractivity contribution in [1.82, 2.24) is 0 Å². The van der Waals surface area contributed by atoms with Crippen molar-refractivity contribution in [3.63, 3.8) is 0 Å². The highest BCUT2D eigenvalue weighted by Crippen LogP contribution is 2.37. The molecular formula is C18H22O5S. The second kappa shape index (κ2) is 7.66. The van der Waals surface area contributed by atoms with Gasteiger partial charge in [0.05, 0.1) is 31.1 Å². The van der Waals surface area contributed by atoms with Gasteiger partial charge in [-0.05, 0) is 31.4 Å². The summed E-state index contributed by atoms with van der Waals surface area (Å²) in [6, 6.07) is 5.59. The van der Waals surface area contributed by atoms with E-state index in [-0.39, 0.29) is 24.3 Å². The normalized spacial score (nSPS) is 12.2. The quantitative estimate of drug-likeness (QED) is 0.556. The maximum Gasteiger partial charge on any atom is 0.308 e. The summed E-state index contributed by atoms with van der Waals surface area (Å²) < 4.78 is 16.7. The minimum atomic E-state index is -0.456. The predicted octanol–water partition coefficient (Wildman–Crippen LogP) is 4.08. The number of fused-ring (bicyclic) bond motifs is 1. The zero-order chi connectivity index (χ0) is 17.9. The van der Waals surface area contributed by atoms with Crippen molar-refractivity contribution >= 4 is 33.2 Å². The molecule has 0 saturated heterocycles. The van der Waals surface area contributed by atoms with Crippen LogP contribution in [0.1, 0.15) is 36.9 Å². The van der Waals surface area contributed by atoms with Crippen molar-refractivity contribution in [2.75, 3.05) is 14.2 Å². The summed E-state index contributed by atoms with van der Waals surface area (Å²) in [5.74, 6) is 0.389. The Labute approximate surface area is 145 Å². The SMILES string of the molecule is COC(=O)C(C)CC(=O)c1cc2cc(OC(C)C)c(OC)cc2s1. The van der Waals surface area contributed by atoms with Crippen molar-refractivity contribution in [1.29, 1.82) is 0 Å². The minimum absolute atomic E-state index is 0.0250. The second-order valence-electron chi connectivity index (χ2n) is 5.87. The molecule has 0 spiro atoms. The molecule has 2 aromatic rings. The van der Waals surface area contributed by atoms with Gasteiger partial charge in [-0.3, -0.25) is 9.59 Å². The van der Waals surface area contributed by atoms with Crippen molar-refractivity contribution in [3.8, 4) is 11.5 Å². The predicted molar refractivity (Wildman–Crippen MR) is 94.3 cm³/mol. The number of hydrogen-bond acceptors (Lipinski definition) is 6. The summed E-state index contributed by atoms with van der Waals surface area (Å²) in [7, 11) is 2.91. The number of benzene rings is 1. The van der Waals surface area contributed by atoms with Crippen molar-refractivity contribution in [2.24, 2.45) is 5.92 Å². The van der Waals surface area contributed by atoms with E-state index in [0.29, 0.717) is 16.4 Å². The minimum Gasteiger partial charge on any atom is -0.493 e. The van der Waals surface area contributed by atoms with E-state index in [1.54, 1.807) is 14.0 Å². The van der Waals surface area contributed by atoms with Crippen LogP contribution in [0.15, 0.2) is 18.2 Å². The third-order valence-corrected chi connectivity index (χ3v) is 4.67. The lowest BCUT2D eigenvalue weighted by molar-refractivity contribution is -0.144. The molecule has 1 unspecified atom stereocenters. The van der Waals surface area contributed by atoms with Crippen LogP contribution in [-0.4, -0.2) is 32.1 Å². The summed E-state index contributed by atoms with van der Waals surface area (Å²) in [6.07, 6.45) is 0.156. The van der Waals surface area contributed by atoms with Gasteiger partial charge in [0.15, 0.2) is 17.3 Å². The average Bonchev–Trinajstić information content (AvgIpc) is 2.95. The summed E-state index contributed by atoms with van der Waals surface area (Å²) in [5, 5.41) is 0.922. The average molecular weight is 350 g/mol. The third-order valence-electron chi connectivity index (χ3n) is 3.54. The van der Waals surface area contributed by atoms with E-state index in [9.17, 15) is 9.59 Å². The first kappa shape index (κ1) is 18.3. The Balaban J connectivity index is 2.30. The maximum atomic E-state index is 12.4. The first-order valence-electron chi connectivity index (χ1n) is 7.75. The Morgan fingerprint density at radius 2 is 1.79 bits per heavy atom. The number of carbonyl (C=O) groups is 2. The summed E-state index contributed by atoms with van der Waals surface area (Å²) in [5.41, 5.74) is 0. The Morgan fingerprint density at radius 1 is 1.08 bits per heavy atom. The second-order valence-corrected chi connectivity index (χ2v) is 6.95. The van der Waals surface area contributed by atoms with Gasteiger partial charge in [0, 0.05) is 17.2 Å². The summed E-state index contributed by atoms with van der Waals surface area (Å²) in [6.45, 7) is 5.58. The van der Waals surface area contributed by atoms with Crippen LogP contribution in [0, 0.1) is 5.92 Å². The van der Waals surface area contributed by atoms with Crippen LogP contribution < -0.4 is 9.47 Å². The van der Waals surface area contributed by atoms with Crippen LogP contribution in [0.3, 0.4) is 0 Å². The highest BCUT2D eigenvalue weighted by atomic mass is 32.1. The number of rotatable bonds is 7. The van der Waals surface area contributed by atoms with E-state index in [1.807, 2.05) is 32.0 Å². The molecule has 6 heteroatoms. The molecule has 2 rings (SSSR count). The fourth-order valence-corrected chi connectivity index (χ4v) is 3.38. The first-order valence-corrected chi connectivity index (χ1v) is 8.56. The van der Waals surface area contributed by atoms with Crippen LogP contribution in [-0.2, 0) is 9.53 Å². The van der Waals surface area contributed by atoms with Gasteiger partial charge in [-0.25, -0.2) is 0 Å². The Morgan fingerprint density at radius 3 is 2.38 bits per heavy atom. The lowest BCUT2D eigenvalue weighted by Crippen LogP contribution is -2.16. The van der Waals surface area contributed by atoms with E-state index < -0.39 is 5.92 Å². The molecule has 5 nitrogen and oxygen atoms in total. The fourth-order valence-electron chi connectivity index (χ4n) is 2.35. The van der Waals surface area contributed by atoms with E-state index in [2.05, 4.69) is 4.74 Å². The molecule has 0 saturated carbocycles. The number of methoxy groups -OCH3 is 2. The number of hydrogen-bond donors (Lipinski definition) is 0. The monoisotopic (exact) mass is 350 g/mol. The molecule has 1 aromatic heterocycles. The largest absolute Gasteiger partial charge is 0.493 e. The van der Waals surface area contributed by atoms with Gasteiger partial charge in [0.2, 0.25) is 0 Å². The molecule has 1 aromatic carbocycles. The number of thiophene rings is 1. The van der Waals surface area contributed by atoms with Crippen LogP contribution >= 0.6 is 11.3 Å². The fraction of sp³-hybridized carbons (Fsp3) is 0.444. The van der Waals surface area contributed by atoms with Crippen LogP contribution in [0.2, 0.25) is 0 Å². The highest BCUT2D eigenvalue weighted by molar-refractivity contribution is 7.20. The van der Waals surface area contributed by atoms with Crippen LogP contribution in [0.25, 0.3) is 10.1 Å². The van der Waals surface area contributed by atoms with E-state index >= 15 is 0 Å². The van der Waals surface area contributed by atoms with Crippen molar-refractivity contribution in [2.45, 2.75) is 33.3 Å². The number of ether oxygens (including phenoxy) is 3. The zero-order valence-electron chi connectivity index (χ0n) is 14.5. The third kappa shape index (κ3) is 4.06. The lowest BCUT2D eigenvalue weighted by Gasteiger charge is -2.13. The molecule has 1 heterocycles. The number of ketones is 1. The Bertz CT molecular complexity index is 747. The van der Waals surface area contributed by atoms with Crippen molar-refractivity contribution in [3.05, 3.63) is 23.1 Å². The topological polar surface area (TPSA) is 61.8 Å². The van der Waals surface area contributed by atoms with E-state index in [0.717, 1.165) is 10.1 Å². The molecule has 1 atom stereocenters. The van der Waals surface area contributed by atoms with E-state index in [4.69, 9.17) is 9.47 Å². The summed E-state index contributed by atoms with van der Waals surface area (Å²) in [4.78, 5) is 24.5. The van der Waals surface area contributed by atoms with Gasteiger partial charge in [-0.15, -0.1) is 11.3 Å². The van der Waals surface area contributed by atoms with Crippen molar-refractivity contribution < 1.29 is 23.8 Å². The molecule has 130 valence electrons.